The van der Waals surface area contributed by atoms with Gasteiger partial charge in [0.2, 0.25) is 0 Å². The Hall–Kier alpha value is -3.94. The van der Waals surface area contributed by atoms with Crippen LogP contribution in [0, 0.1) is 0 Å². The molecule has 150 valence electrons. The van der Waals surface area contributed by atoms with Gasteiger partial charge in [-0.3, -0.25) is 19.4 Å². The minimum atomic E-state index is -0.265. The van der Waals surface area contributed by atoms with Crippen LogP contribution in [0.3, 0.4) is 0 Å². The van der Waals surface area contributed by atoms with Crippen molar-refractivity contribution in [3.05, 3.63) is 77.6 Å². The van der Waals surface area contributed by atoms with E-state index < -0.39 is 0 Å². The first-order valence-electron chi connectivity index (χ1n) is 9.73. The molecule has 8 heteroatoms. The predicted molar refractivity (Wildman–Crippen MR) is 115 cm³/mol. The largest absolute Gasteiger partial charge is 0.422 e. The fourth-order valence-corrected chi connectivity index (χ4v) is 3.72. The van der Waals surface area contributed by atoms with E-state index in [2.05, 4.69) is 55.8 Å². The number of ether oxygens (including phenoxy) is 1. The van der Waals surface area contributed by atoms with Gasteiger partial charge in [0.25, 0.3) is 5.56 Å². The summed E-state index contributed by atoms with van der Waals surface area (Å²) in [5, 5.41) is 4.93. The van der Waals surface area contributed by atoms with E-state index in [1.807, 2.05) is 17.0 Å². The molecule has 8 nitrogen and oxygen atoms in total. The number of hydrogen-bond acceptors (Lipinski definition) is 6. The molecular weight excluding hydrogens is 380 g/mol. The molecule has 0 bridgehead atoms. The molecule has 0 amide bonds. The van der Waals surface area contributed by atoms with E-state index in [4.69, 9.17) is 4.74 Å². The smallest absolute Gasteiger partial charge is 0.302 e. The maximum absolute atomic E-state index is 12.2. The third kappa shape index (κ3) is 3.43. The number of anilines is 1. The van der Waals surface area contributed by atoms with E-state index in [0.29, 0.717) is 16.7 Å². The van der Waals surface area contributed by atoms with E-state index in [0.717, 1.165) is 25.1 Å². The fourth-order valence-electron chi connectivity index (χ4n) is 3.72. The minimum Gasteiger partial charge on any atom is -0.422 e. The predicted octanol–water partition coefficient (Wildman–Crippen LogP) is 3.40. The second kappa shape index (κ2) is 7.47. The van der Waals surface area contributed by atoms with Gasteiger partial charge in [0.05, 0.1) is 35.5 Å². The molecule has 1 aromatic carbocycles. The van der Waals surface area contributed by atoms with Crippen LogP contribution in [0.5, 0.6) is 11.8 Å². The molecule has 0 radical (unpaired) electrons. The van der Waals surface area contributed by atoms with Crippen LogP contribution < -0.4 is 15.2 Å². The summed E-state index contributed by atoms with van der Waals surface area (Å²) in [6.45, 7) is 5.62. The molecule has 4 heterocycles. The molecule has 4 aromatic rings. The van der Waals surface area contributed by atoms with Crippen molar-refractivity contribution in [2.45, 2.75) is 12.5 Å². The zero-order valence-corrected chi connectivity index (χ0v) is 16.2. The topological polar surface area (TPSA) is 88.9 Å². The van der Waals surface area contributed by atoms with Crippen molar-refractivity contribution in [3.8, 4) is 11.8 Å². The molecule has 1 saturated heterocycles. The van der Waals surface area contributed by atoms with Crippen molar-refractivity contribution in [1.82, 2.24) is 24.7 Å². The highest BCUT2D eigenvalue weighted by atomic mass is 16.5. The van der Waals surface area contributed by atoms with E-state index in [-0.39, 0.29) is 17.6 Å². The second-order valence-corrected chi connectivity index (χ2v) is 7.21. The molecule has 30 heavy (non-hydrogen) atoms. The molecule has 1 atom stereocenters. The summed E-state index contributed by atoms with van der Waals surface area (Å²) in [4.78, 5) is 25.5. The van der Waals surface area contributed by atoms with Gasteiger partial charge in [-0.2, -0.15) is 10.1 Å². The third-order valence-electron chi connectivity index (χ3n) is 5.31. The van der Waals surface area contributed by atoms with Gasteiger partial charge in [-0.1, -0.05) is 24.8 Å². The fraction of sp³-hybridized carbons (Fsp3) is 0.182. The number of fused-ring (bicyclic) bond motifs is 1. The summed E-state index contributed by atoms with van der Waals surface area (Å²) in [6, 6.07) is 10.4. The quantitative estimate of drug-likeness (QED) is 0.552. The second-order valence-electron chi connectivity index (χ2n) is 7.21. The maximum atomic E-state index is 12.2. The normalized spacial score (nSPS) is 16.1. The molecule has 0 spiro atoms. The van der Waals surface area contributed by atoms with Crippen molar-refractivity contribution < 1.29 is 4.74 Å². The number of hydrogen-bond donors (Lipinski definition) is 1. The number of benzene rings is 1. The van der Waals surface area contributed by atoms with Gasteiger partial charge >= 0.3 is 6.01 Å². The van der Waals surface area contributed by atoms with Crippen molar-refractivity contribution in [1.29, 1.82) is 0 Å². The molecule has 3 aromatic heterocycles. The Morgan fingerprint density at radius 1 is 1.20 bits per heavy atom. The summed E-state index contributed by atoms with van der Waals surface area (Å²) in [6.07, 6.45) is 9.40. The van der Waals surface area contributed by atoms with Crippen LogP contribution in [0.1, 0.15) is 18.0 Å². The Labute approximate surface area is 172 Å². The zero-order valence-electron chi connectivity index (χ0n) is 16.2. The monoisotopic (exact) mass is 400 g/mol. The van der Waals surface area contributed by atoms with Crippen LogP contribution in [0.25, 0.3) is 17.0 Å². The van der Waals surface area contributed by atoms with E-state index in [9.17, 15) is 4.79 Å². The number of aromatic amines is 1. The first-order valence-corrected chi connectivity index (χ1v) is 9.73. The minimum absolute atomic E-state index is 0.121. The molecule has 0 saturated carbocycles. The van der Waals surface area contributed by atoms with Gasteiger partial charge in [-0.05, 0) is 30.2 Å². The number of nitrogens with one attached hydrogen (secondary N) is 1. The Morgan fingerprint density at radius 2 is 2.07 bits per heavy atom. The van der Waals surface area contributed by atoms with Gasteiger partial charge < -0.3 is 9.64 Å². The van der Waals surface area contributed by atoms with Gasteiger partial charge in [0.15, 0.2) is 5.75 Å². The highest BCUT2D eigenvalue weighted by Gasteiger charge is 2.25. The number of H-pyrrole nitrogens is 1. The van der Waals surface area contributed by atoms with Crippen LogP contribution in [0.2, 0.25) is 0 Å². The lowest BCUT2D eigenvalue weighted by Gasteiger charge is -2.19. The van der Waals surface area contributed by atoms with Crippen molar-refractivity contribution >= 4 is 22.7 Å². The number of nitrogens with zero attached hydrogens (tertiary/aromatic N) is 5. The van der Waals surface area contributed by atoms with Crippen molar-refractivity contribution in [2.24, 2.45) is 0 Å². The molecule has 1 aliphatic rings. The zero-order chi connectivity index (χ0) is 20.5. The van der Waals surface area contributed by atoms with Crippen molar-refractivity contribution in [3.63, 3.8) is 0 Å². The number of rotatable bonds is 5. The molecule has 1 aliphatic heterocycles. The highest BCUT2D eigenvalue weighted by molar-refractivity contribution is 5.76. The highest BCUT2D eigenvalue weighted by Crippen LogP contribution is 2.28. The molecule has 1 N–H and O–H groups in total. The molecule has 0 aliphatic carbocycles. The first-order chi connectivity index (χ1) is 14.7. The van der Waals surface area contributed by atoms with Gasteiger partial charge in [0.1, 0.15) is 0 Å². The van der Waals surface area contributed by atoms with E-state index in [1.165, 1.54) is 11.9 Å². The Balaban J connectivity index is 1.30. The Bertz CT molecular complexity index is 1260. The maximum Gasteiger partial charge on any atom is 0.302 e. The first kappa shape index (κ1) is 18.1. The average molecular weight is 400 g/mol. The summed E-state index contributed by atoms with van der Waals surface area (Å²) in [5.41, 5.74) is 2.52. The standard InChI is InChI=1S/C22H20N6O2/c1-2-15-3-5-16(6-4-15)27-10-8-17(13-27)28-14-18(11-24-28)30-22-25-20-12-23-9-7-19(20)21(29)26-22/h2-7,9,11-12,14,17H,1,8,10,13H2,(H,25,26,29). The average Bonchev–Trinajstić information content (AvgIpc) is 3.44. The summed E-state index contributed by atoms with van der Waals surface area (Å²) >= 11 is 0. The third-order valence-corrected chi connectivity index (χ3v) is 5.31. The summed E-state index contributed by atoms with van der Waals surface area (Å²) in [5.74, 6) is 0.523. The van der Waals surface area contributed by atoms with Crippen LogP contribution in [0.15, 0.2) is 66.5 Å². The van der Waals surface area contributed by atoms with Gasteiger partial charge in [-0.15, -0.1) is 0 Å². The molecule has 1 fully saturated rings. The summed E-state index contributed by atoms with van der Waals surface area (Å²) in [7, 11) is 0. The molecular formula is C22H20N6O2. The summed E-state index contributed by atoms with van der Waals surface area (Å²) < 4.78 is 7.65. The lowest BCUT2D eigenvalue weighted by atomic mass is 10.2. The molecule has 5 rings (SSSR count). The van der Waals surface area contributed by atoms with Crippen LogP contribution in [-0.4, -0.2) is 37.8 Å². The van der Waals surface area contributed by atoms with Gasteiger partial charge in [-0.25, -0.2) is 0 Å². The number of aromatic nitrogens is 5. The lowest BCUT2D eigenvalue weighted by molar-refractivity contribution is 0.438. The SMILES string of the molecule is C=Cc1ccc(N2CCC(n3cc(Oc4nc5cnccc5c(=O)[nH]4)cn3)C2)cc1. The van der Waals surface area contributed by atoms with Crippen LogP contribution in [0.4, 0.5) is 5.69 Å². The number of pyridine rings is 1. The van der Waals surface area contributed by atoms with E-state index in [1.54, 1.807) is 18.5 Å². The Morgan fingerprint density at radius 3 is 2.90 bits per heavy atom. The van der Waals surface area contributed by atoms with Crippen LogP contribution in [-0.2, 0) is 0 Å². The van der Waals surface area contributed by atoms with E-state index >= 15 is 0 Å². The van der Waals surface area contributed by atoms with Gasteiger partial charge in [0, 0.05) is 25.0 Å². The lowest BCUT2D eigenvalue weighted by Crippen LogP contribution is -2.20. The van der Waals surface area contributed by atoms with Crippen LogP contribution >= 0.6 is 0 Å². The Kier molecular flexibility index (Phi) is 4.51. The molecule has 1 unspecified atom stereocenters. The van der Waals surface area contributed by atoms with Crippen molar-refractivity contribution in [2.75, 3.05) is 18.0 Å².